The molecule has 0 bridgehead atoms. The van der Waals surface area contributed by atoms with Gasteiger partial charge in [0.05, 0.1) is 12.7 Å². The molecule has 0 aliphatic carbocycles. The third-order valence-corrected chi connectivity index (χ3v) is 7.28. The quantitative estimate of drug-likeness (QED) is 0.623. The smallest absolute Gasteiger partial charge is 0.257 e. The number of rotatable bonds is 6. The van der Waals surface area contributed by atoms with E-state index >= 15 is 0 Å². The lowest BCUT2D eigenvalue weighted by Crippen LogP contribution is -2.41. The summed E-state index contributed by atoms with van der Waals surface area (Å²) >= 11 is 6.08. The van der Waals surface area contributed by atoms with E-state index in [9.17, 15) is 9.59 Å². The molecule has 2 aliphatic rings. The number of ether oxygens (including phenoxy) is 1. The summed E-state index contributed by atoms with van der Waals surface area (Å²) in [5, 5.41) is 3.55. The monoisotopic (exact) mass is 483 g/mol. The van der Waals surface area contributed by atoms with Gasteiger partial charge in [-0.25, -0.2) is 0 Å². The number of hydrogen-bond acceptors (Lipinski definition) is 4. The first-order chi connectivity index (χ1) is 16.4. The zero-order valence-corrected chi connectivity index (χ0v) is 20.8. The molecule has 2 amide bonds. The highest BCUT2D eigenvalue weighted by Crippen LogP contribution is 2.27. The maximum Gasteiger partial charge on any atom is 0.257 e. The Hall–Kier alpha value is -2.57. The largest absolute Gasteiger partial charge is 0.496 e. The first-order valence-electron chi connectivity index (χ1n) is 12.2. The molecule has 2 aromatic rings. The van der Waals surface area contributed by atoms with Crippen LogP contribution in [0.1, 0.15) is 48.5 Å². The Labute approximate surface area is 207 Å². The van der Waals surface area contributed by atoms with Crippen LogP contribution in [-0.2, 0) is 11.3 Å². The van der Waals surface area contributed by atoms with E-state index < -0.39 is 0 Å². The lowest BCUT2D eigenvalue weighted by molar-refractivity contribution is -0.121. The van der Waals surface area contributed by atoms with Crippen molar-refractivity contribution in [1.82, 2.24) is 9.80 Å². The van der Waals surface area contributed by atoms with Crippen molar-refractivity contribution in [2.24, 2.45) is 11.8 Å². The molecule has 0 atom stereocenters. The summed E-state index contributed by atoms with van der Waals surface area (Å²) in [7, 11) is 1.54. The van der Waals surface area contributed by atoms with E-state index in [1.165, 1.54) is 25.5 Å². The minimum atomic E-state index is -0.114. The van der Waals surface area contributed by atoms with E-state index in [-0.39, 0.29) is 17.7 Å². The van der Waals surface area contributed by atoms with Crippen LogP contribution in [0.4, 0.5) is 5.69 Å². The summed E-state index contributed by atoms with van der Waals surface area (Å²) in [6, 6.07) is 13.2. The van der Waals surface area contributed by atoms with E-state index in [1.54, 1.807) is 23.1 Å². The molecule has 2 saturated heterocycles. The molecule has 1 N–H and O–H groups in total. The topological polar surface area (TPSA) is 61.9 Å². The van der Waals surface area contributed by atoms with Gasteiger partial charge in [-0.3, -0.25) is 14.5 Å². The van der Waals surface area contributed by atoms with Crippen molar-refractivity contribution >= 4 is 29.1 Å². The van der Waals surface area contributed by atoms with E-state index in [2.05, 4.69) is 29.3 Å². The maximum absolute atomic E-state index is 13.0. The molecule has 182 valence electrons. The van der Waals surface area contributed by atoms with Crippen molar-refractivity contribution in [1.29, 1.82) is 0 Å². The highest BCUT2D eigenvalue weighted by Gasteiger charge is 2.29. The van der Waals surface area contributed by atoms with Crippen LogP contribution in [-0.4, -0.2) is 54.9 Å². The molecule has 0 aromatic heterocycles. The molecule has 2 aromatic carbocycles. The van der Waals surface area contributed by atoms with Gasteiger partial charge in [-0.15, -0.1) is 0 Å². The van der Waals surface area contributed by atoms with Gasteiger partial charge in [0.2, 0.25) is 5.91 Å². The number of hydrogen-bond donors (Lipinski definition) is 1. The average molecular weight is 484 g/mol. The van der Waals surface area contributed by atoms with Crippen LogP contribution in [0.5, 0.6) is 5.75 Å². The Morgan fingerprint density at radius 3 is 2.32 bits per heavy atom. The number of carbonyl (C=O) groups is 2. The number of likely N-dealkylation sites (tertiary alicyclic amines) is 2. The van der Waals surface area contributed by atoms with Gasteiger partial charge in [0, 0.05) is 36.3 Å². The first-order valence-corrected chi connectivity index (χ1v) is 12.6. The number of nitrogens with one attached hydrogen (secondary N) is 1. The second-order valence-electron chi connectivity index (χ2n) is 9.56. The summed E-state index contributed by atoms with van der Waals surface area (Å²) in [4.78, 5) is 30.1. The Morgan fingerprint density at radius 1 is 1.00 bits per heavy atom. The maximum atomic E-state index is 13.0. The molecule has 7 heteroatoms. The average Bonchev–Trinajstić information content (AvgIpc) is 2.86. The predicted molar refractivity (Wildman–Crippen MR) is 135 cm³/mol. The van der Waals surface area contributed by atoms with Gasteiger partial charge >= 0.3 is 0 Å². The second kappa shape index (κ2) is 11.2. The highest BCUT2D eigenvalue weighted by molar-refractivity contribution is 6.31. The van der Waals surface area contributed by atoms with Crippen molar-refractivity contribution in [2.45, 2.75) is 39.2 Å². The number of piperidine rings is 2. The zero-order valence-electron chi connectivity index (χ0n) is 20.1. The van der Waals surface area contributed by atoms with E-state index in [4.69, 9.17) is 16.3 Å². The number of carbonyl (C=O) groups excluding carboxylic acids is 2. The van der Waals surface area contributed by atoms with Gasteiger partial charge in [0.25, 0.3) is 5.91 Å². The molecule has 0 radical (unpaired) electrons. The van der Waals surface area contributed by atoms with Gasteiger partial charge in [-0.05, 0) is 80.6 Å². The van der Waals surface area contributed by atoms with Crippen LogP contribution in [0.15, 0.2) is 42.5 Å². The number of halogens is 1. The SMILES string of the molecule is COc1ccc(Cl)cc1C(=O)N1CCC(C(=O)Nc2ccc(CN3CCC(C)CC3)cc2)CC1. The molecule has 34 heavy (non-hydrogen) atoms. The number of amides is 2. The fourth-order valence-corrected chi connectivity index (χ4v) is 4.95. The summed E-state index contributed by atoms with van der Waals surface area (Å²) in [5.41, 5.74) is 2.55. The molecule has 6 nitrogen and oxygen atoms in total. The third-order valence-electron chi connectivity index (χ3n) is 7.05. The summed E-state index contributed by atoms with van der Waals surface area (Å²) in [6.45, 7) is 6.66. The first kappa shape index (κ1) is 24.6. The van der Waals surface area contributed by atoms with Crippen LogP contribution < -0.4 is 10.1 Å². The van der Waals surface area contributed by atoms with E-state index in [1.807, 2.05) is 12.1 Å². The minimum absolute atomic E-state index is 0.0187. The summed E-state index contributed by atoms with van der Waals surface area (Å²) < 4.78 is 5.32. The normalized spacial score (nSPS) is 18.0. The van der Waals surface area contributed by atoms with Crippen molar-refractivity contribution in [3.8, 4) is 5.75 Å². The molecule has 0 saturated carbocycles. The van der Waals surface area contributed by atoms with Crippen LogP contribution in [0, 0.1) is 11.8 Å². The van der Waals surface area contributed by atoms with Gasteiger partial charge < -0.3 is 15.0 Å². The van der Waals surface area contributed by atoms with Crippen LogP contribution in [0.25, 0.3) is 0 Å². The zero-order chi connectivity index (χ0) is 24.1. The minimum Gasteiger partial charge on any atom is -0.496 e. The molecule has 2 heterocycles. The van der Waals surface area contributed by atoms with Crippen LogP contribution >= 0.6 is 11.6 Å². The second-order valence-corrected chi connectivity index (χ2v) is 9.99. The van der Waals surface area contributed by atoms with Gasteiger partial charge in [-0.2, -0.15) is 0 Å². The van der Waals surface area contributed by atoms with E-state index in [0.717, 1.165) is 31.2 Å². The number of methoxy groups -OCH3 is 1. The molecule has 0 unspecified atom stereocenters. The Kier molecular flexibility index (Phi) is 8.11. The Bertz CT molecular complexity index is 995. The summed E-state index contributed by atoms with van der Waals surface area (Å²) in [5.74, 6) is 1.13. The number of benzene rings is 2. The highest BCUT2D eigenvalue weighted by atomic mass is 35.5. The molecule has 2 aliphatic heterocycles. The summed E-state index contributed by atoms with van der Waals surface area (Å²) in [6.07, 6.45) is 3.80. The molecular weight excluding hydrogens is 450 g/mol. The fourth-order valence-electron chi connectivity index (χ4n) is 4.78. The van der Waals surface area contributed by atoms with Crippen molar-refractivity contribution in [3.63, 3.8) is 0 Å². The van der Waals surface area contributed by atoms with Crippen molar-refractivity contribution in [3.05, 3.63) is 58.6 Å². The van der Waals surface area contributed by atoms with Gasteiger partial charge in [0.15, 0.2) is 0 Å². The standard InChI is InChI=1S/C27H34ClN3O3/c1-19-9-13-30(14-10-19)18-20-3-6-23(7-4-20)29-26(32)21-11-15-31(16-12-21)27(33)24-17-22(28)5-8-25(24)34-2/h3-8,17,19,21H,9-16,18H2,1-2H3,(H,29,32). The molecular formula is C27H34ClN3O3. The van der Waals surface area contributed by atoms with Crippen LogP contribution in [0.3, 0.4) is 0 Å². The van der Waals surface area contributed by atoms with Gasteiger partial charge in [0.1, 0.15) is 5.75 Å². The van der Waals surface area contributed by atoms with Gasteiger partial charge in [-0.1, -0.05) is 30.7 Å². The molecule has 4 rings (SSSR count). The van der Waals surface area contributed by atoms with E-state index in [0.29, 0.717) is 42.3 Å². The number of anilines is 1. The van der Waals surface area contributed by atoms with Crippen LogP contribution in [0.2, 0.25) is 5.02 Å². The third kappa shape index (κ3) is 6.10. The predicted octanol–water partition coefficient (Wildman–Crippen LogP) is 5.07. The number of nitrogens with zero attached hydrogens (tertiary/aromatic N) is 2. The Balaban J connectivity index is 1.27. The molecule has 0 spiro atoms. The molecule has 2 fully saturated rings. The van der Waals surface area contributed by atoms with Crippen molar-refractivity contribution < 1.29 is 14.3 Å². The fraction of sp³-hybridized carbons (Fsp3) is 0.481. The Morgan fingerprint density at radius 2 is 1.68 bits per heavy atom. The lowest BCUT2D eigenvalue weighted by Gasteiger charge is -2.31. The lowest BCUT2D eigenvalue weighted by atomic mass is 9.95. The van der Waals surface area contributed by atoms with Crippen molar-refractivity contribution in [2.75, 3.05) is 38.6 Å².